The van der Waals surface area contributed by atoms with Crippen molar-refractivity contribution < 1.29 is 4.74 Å². The van der Waals surface area contributed by atoms with Crippen molar-refractivity contribution in [3.05, 3.63) is 35.1 Å². The Morgan fingerprint density at radius 2 is 2.21 bits per heavy atom. The summed E-state index contributed by atoms with van der Waals surface area (Å²) >= 11 is 0. The molecular formula is C11H10N6O2. The SMILES string of the molecule is Cn1cnc(Oc2cc3nc[nH]c(=O)c3cc2N)n1. The lowest BCUT2D eigenvalue weighted by Gasteiger charge is -2.06. The van der Waals surface area contributed by atoms with E-state index in [0.717, 1.165) is 0 Å². The van der Waals surface area contributed by atoms with E-state index in [1.807, 2.05) is 0 Å². The van der Waals surface area contributed by atoms with E-state index < -0.39 is 0 Å². The third kappa shape index (κ3) is 1.99. The minimum atomic E-state index is -0.251. The van der Waals surface area contributed by atoms with Crippen molar-refractivity contribution in [2.45, 2.75) is 0 Å². The van der Waals surface area contributed by atoms with Gasteiger partial charge in [-0.3, -0.25) is 9.48 Å². The summed E-state index contributed by atoms with van der Waals surface area (Å²) in [7, 11) is 1.73. The second-order valence-corrected chi connectivity index (χ2v) is 3.94. The first kappa shape index (κ1) is 11.2. The van der Waals surface area contributed by atoms with Gasteiger partial charge in [0.2, 0.25) is 0 Å². The van der Waals surface area contributed by atoms with Crippen LogP contribution in [-0.2, 0) is 7.05 Å². The number of hydrogen-bond donors (Lipinski definition) is 2. The molecular weight excluding hydrogens is 248 g/mol. The fourth-order valence-corrected chi connectivity index (χ4v) is 1.67. The quantitative estimate of drug-likeness (QED) is 0.644. The molecule has 0 fully saturated rings. The normalized spacial score (nSPS) is 10.8. The first-order chi connectivity index (χ1) is 9.13. The molecule has 2 heterocycles. The van der Waals surface area contributed by atoms with Crippen LogP contribution in [-0.4, -0.2) is 24.7 Å². The summed E-state index contributed by atoms with van der Waals surface area (Å²) in [6, 6.07) is 3.27. The lowest BCUT2D eigenvalue weighted by atomic mass is 10.2. The van der Waals surface area contributed by atoms with E-state index >= 15 is 0 Å². The number of ether oxygens (including phenoxy) is 1. The Bertz CT molecular complexity index is 806. The minimum absolute atomic E-state index is 0.179. The van der Waals surface area contributed by atoms with Crippen LogP contribution in [0.2, 0.25) is 0 Å². The number of hydrogen-bond acceptors (Lipinski definition) is 6. The van der Waals surface area contributed by atoms with Gasteiger partial charge in [-0.05, 0) is 6.07 Å². The first-order valence-corrected chi connectivity index (χ1v) is 5.44. The third-order valence-electron chi connectivity index (χ3n) is 2.55. The highest BCUT2D eigenvalue weighted by Gasteiger charge is 2.09. The topological polar surface area (TPSA) is 112 Å². The number of anilines is 1. The van der Waals surface area contributed by atoms with Crippen molar-refractivity contribution in [1.82, 2.24) is 24.7 Å². The van der Waals surface area contributed by atoms with E-state index in [2.05, 4.69) is 20.1 Å². The standard InChI is InChI=1S/C11H10N6O2/c1-17-5-15-11(16-17)19-9-3-8-6(2-7(9)12)10(18)14-4-13-8/h2-5H,12H2,1H3,(H,13,14,18). The van der Waals surface area contributed by atoms with Gasteiger partial charge in [0.05, 0.1) is 22.9 Å². The Balaban J connectivity index is 2.09. The molecule has 0 spiro atoms. The Morgan fingerprint density at radius 3 is 2.95 bits per heavy atom. The molecule has 2 aromatic heterocycles. The molecule has 0 aliphatic rings. The van der Waals surface area contributed by atoms with Crippen LogP contribution in [0.1, 0.15) is 0 Å². The third-order valence-corrected chi connectivity index (χ3v) is 2.55. The molecule has 3 aromatic rings. The van der Waals surface area contributed by atoms with Crippen LogP contribution in [0.25, 0.3) is 10.9 Å². The zero-order valence-corrected chi connectivity index (χ0v) is 9.99. The van der Waals surface area contributed by atoms with E-state index in [1.165, 1.54) is 23.4 Å². The van der Waals surface area contributed by atoms with Crippen molar-refractivity contribution in [3.63, 3.8) is 0 Å². The molecule has 8 nitrogen and oxygen atoms in total. The van der Waals surface area contributed by atoms with Gasteiger partial charge >= 0.3 is 6.01 Å². The highest BCUT2D eigenvalue weighted by atomic mass is 16.5. The number of H-pyrrole nitrogens is 1. The van der Waals surface area contributed by atoms with Gasteiger partial charge in [0, 0.05) is 13.1 Å². The monoisotopic (exact) mass is 258 g/mol. The summed E-state index contributed by atoms with van der Waals surface area (Å²) in [5.74, 6) is 0.358. The highest BCUT2D eigenvalue weighted by Crippen LogP contribution is 2.28. The van der Waals surface area contributed by atoms with Gasteiger partial charge < -0.3 is 15.5 Å². The zero-order valence-electron chi connectivity index (χ0n) is 9.99. The predicted molar refractivity (Wildman–Crippen MR) is 67.9 cm³/mol. The molecule has 0 unspecified atom stereocenters. The number of rotatable bonds is 2. The van der Waals surface area contributed by atoms with Gasteiger partial charge in [0.15, 0.2) is 5.75 Å². The smallest absolute Gasteiger partial charge is 0.341 e. The van der Waals surface area contributed by atoms with Gasteiger partial charge in [-0.25, -0.2) is 4.98 Å². The Hall–Kier alpha value is -2.90. The summed E-state index contributed by atoms with van der Waals surface area (Å²) in [4.78, 5) is 22.1. The number of aromatic amines is 1. The van der Waals surface area contributed by atoms with E-state index in [9.17, 15) is 4.79 Å². The number of nitrogens with one attached hydrogen (secondary N) is 1. The molecule has 3 N–H and O–H groups in total. The summed E-state index contributed by atoms with van der Waals surface area (Å²) in [6.07, 6.45) is 2.83. The lowest BCUT2D eigenvalue weighted by molar-refractivity contribution is 0.441. The van der Waals surface area contributed by atoms with Crippen LogP contribution in [0.5, 0.6) is 11.8 Å². The van der Waals surface area contributed by atoms with Gasteiger partial charge in [-0.2, -0.15) is 4.98 Å². The maximum absolute atomic E-state index is 11.6. The van der Waals surface area contributed by atoms with Crippen LogP contribution in [0.4, 0.5) is 5.69 Å². The average molecular weight is 258 g/mol. The molecule has 8 heteroatoms. The molecule has 0 saturated carbocycles. The zero-order chi connectivity index (χ0) is 13.4. The average Bonchev–Trinajstić information content (AvgIpc) is 2.77. The lowest BCUT2D eigenvalue weighted by Crippen LogP contribution is -2.07. The van der Waals surface area contributed by atoms with Gasteiger partial charge in [-0.1, -0.05) is 0 Å². The molecule has 0 saturated heterocycles. The first-order valence-electron chi connectivity index (χ1n) is 5.44. The largest absolute Gasteiger partial charge is 0.421 e. The molecule has 0 aliphatic carbocycles. The molecule has 19 heavy (non-hydrogen) atoms. The molecule has 96 valence electrons. The van der Waals surface area contributed by atoms with Gasteiger partial charge in [-0.15, -0.1) is 5.10 Å². The minimum Gasteiger partial charge on any atom is -0.421 e. The van der Waals surface area contributed by atoms with Gasteiger partial charge in [0.25, 0.3) is 5.56 Å². The van der Waals surface area contributed by atoms with Crippen molar-refractivity contribution in [2.75, 3.05) is 5.73 Å². The Kier molecular flexibility index (Phi) is 2.41. The van der Waals surface area contributed by atoms with E-state index in [1.54, 1.807) is 13.1 Å². The molecule has 0 amide bonds. The number of benzene rings is 1. The number of aromatic nitrogens is 5. The van der Waals surface area contributed by atoms with Crippen LogP contribution in [0, 0.1) is 0 Å². The summed E-state index contributed by atoms with van der Waals surface area (Å²) in [5.41, 5.74) is 6.40. The fraction of sp³-hybridized carbons (Fsp3) is 0.0909. The number of nitrogens with zero attached hydrogens (tertiary/aromatic N) is 4. The highest BCUT2D eigenvalue weighted by molar-refractivity contribution is 5.84. The number of nitrogen functional groups attached to an aromatic ring is 1. The molecule has 0 aliphatic heterocycles. The van der Waals surface area contributed by atoms with Crippen LogP contribution < -0.4 is 16.0 Å². The summed E-state index contributed by atoms with van der Waals surface area (Å²) in [5, 5.41) is 4.39. The van der Waals surface area contributed by atoms with Crippen LogP contribution >= 0.6 is 0 Å². The summed E-state index contributed by atoms with van der Waals surface area (Å²) < 4.78 is 6.97. The Labute approximate surface area is 106 Å². The predicted octanol–water partition coefficient (Wildman–Crippen LogP) is 0.426. The van der Waals surface area contributed by atoms with Crippen molar-refractivity contribution in [1.29, 1.82) is 0 Å². The molecule has 3 rings (SSSR count). The van der Waals surface area contributed by atoms with Crippen molar-refractivity contribution >= 4 is 16.6 Å². The second-order valence-electron chi connectivity index (χ2n) is 3.94. The maximum atomic E-state index is 11.6. The molecule has 0 bridgehead atoms. The van der Waals surface area contributed by atoms with Crippen LogP contribution in [0.15, 0.2) is 29.6 Å². The van der Waals surface area contributed by atoms with Crippen molar-refractivity contribution in [2.24, 2.45) is 7.05 Å². The van der Waals surface area contributed by atoms with E-state index in [-0.39, 0.29) is 11.6 Å². The second kappa shape index (κ2) is 4.09. The molecule has 0 atom stereocenters. The number of aryl methyl sites for hydroxylation is 1. The molecule has 0 radical (unpaired) electrons. The van der Waals surface area contributed by atoms with E-state index in [4.69, 9.17) is 10.5 Å². The molecule has 1 aromatic carbocycles. The number of nitrogens with two attached hydrogens (primary N) is 1. The van der Waals surface area contributed by atoms with Gasteiger partial charge in [0.1, 0.15) is 6.33 Å². The Morgan fingerprint density at radius 1 is 1.37 bits per heavy atom. The van der Waals surface area contributed by atoms with Crippen molar-refractivity contribution in [3.8, 4) is 11.8 Å². The summed E-state index contributed by atoms with van der Waals surface area (Å²) in [6.45, 7) is 0. The number of fused-ring (bicyclic) bond motifs is 1. The maximum Gasteiger partial charge on any atom is 0.341 e. The van der Waals surface area contributed by atoms with E-state index in [0.29, 0.717) is 22.3 Å². The fourth-order valence-electron chi connectivity index (χ4n) is 1.67. The van der Waals surface area contributed by atoms with Crippen LogP contribution in [0.3, 0.4) is 0 Å².